The van der Waals surface area contributed by atoms with Gasteiger partial charge in [0.1, 0.15) is 5.82 Å². The molecule has 0 aliphatic carbocycles. The van der Waals surface area contributed by atoms with Gasteiger partial charge in [0.05, 0.1) is 5.02 Å². The lowest BCUT2D eigenvalue weighted by atomic mass is 9.97. The summed E-state index contributed by atoms with van der Waals surface area (Å²) in [6.07, 6.45) is 4.31. The molecule has 1 N–H and O–H groups in total. The standard InChI is InChI=1S/C16H23Cl2FN2.ClH/c1-2-3-4-5-14(21-10-8-20-9-11-21)15-12(17)6-7-13(18)16(15)19;/h6-7,14,20H,2-5,8-11H2,1H3;1H/t14-;/m1./s1. The number of halogens is 4. The highest BCUT2D eigenvalue weighted by Gasteiger charge is 2.27. The van der Waals surface area contributed by atoms with Gasteiger partial charge in [-0.1, -0.05) is 49.4 Å². The Labute approximate surface area is 148 Å². The SMILES string of the molecule is CCCCC[C@H](c1c(Cl)ccc(Cl)c1F)N1CCNCC1.Cl. The lowest BCUT2D eigenvalue weighted by Gasteiger charge is -2.36. The van der Waals surface area contributed by atoms with Crippen LogP contribution in [0.25, 0.3) is 0 Å². The fourth-order valence-electron chi connectivity index (χ4n) is 2.94. The van der Waals surface area contributed by atoms with E-state index < -0.39 is 0 Å². The summed E-state index contributed by atoms with van der Waals surface area (Å²) in [4.78, 5) is 2.33. The third-order valence-corrected chi connectivity index (χ3v) is 4.71. The van der Waals surface area contributed by atoms with E-state index in [0.29, 0.717) is 10.6 Å². The molecule has 0 saturated carbocycles. The van der Waals surface area contributed by atoms with Gasteiger partial charge >= 0.3 is 0 Å². The van der Waals surface area contributed by atoms with E-state index in [9.17, 15) is 4.39 Å². The van der Waals surface area contributed by atoms with Gasteiger partial charge in [0.25, 0.3) is 0 Å². The van der Waals surface area contributed by atoms with Crippen molar-refractivity contribution in [3.05, 3.63) is 33.6 Å². The monoisotopic (exact) mass is 368 g/mol. The lowest BCUT2D eigenvalue weighted by Crippen LogP contribution is -2.45. The summed E-state index contributed by atoms with van der Waals surface area (Å²) in [5.74, 6) is -0.357. The number of hydrogen-bond acceptors (Lipinski definition) is 2. The molecule has 22 heavy (non-hydrogen) atoms. The maximum Gasteiger partial charge on any atom is 0.148 e. The van der Waals surface area contributed by atoms with Gasteiger partial charge in [-0.2, -0.15) is 0 Å². The van der Waals surface area contributed by atoms with Crippen molar-refractivity contribution in [2.45, 2.75) is 38.6 Å². The van der Waals surface area contributed by atoms with Crippen molar-refractivity contribution >= 4 is 35.6 Å². The molecule has 0 unspecified atom stereocenters. The van der Waals surface area contributed by atoms with Crippen molar-refractivity contribution in [2.24, 2.45) is 0 Å². The second-order valence-electron chi connectivity index (χ2n) is 5.55. The number of nitrogens with zero attached hydrogens (tertiary/aromatic N) is 1. The number of rotatable bonds is 6. The molecule has 0 radical (unpaired) electrons. The number of nitrogens with one attached hydrogen (secondary N) is 1. The van der Waals surface area contributed by atoms with Crippen LogP contribution in [-0.2, 0) is 0 Å². The predicted molar refractivity (Wildman–Crippen MR) is 95.0 cm³/mol. The van der Waals surface area contributed by atoms with Gasteiger partial charge in [-0.3, -0.25) is 4.90 Å². The van der Waals surface area contributed by atoms with Crippen LogP contribution in [0, 0.1) is 5.82 Å². The molecule has 2 nitrogen and oxygen atoms in total. The fraction of sp³-hybridized carbons (Fsp3) is 0.625. The molecule has 1 saturated heterocycles. The molecule has 1 aliphatic rings. The van der Waals surface area contributed by atoms with Crippen LogP contribution in [-0.4, -0.2) is 31.1 Å². The molecule has 1 aliphatic heterocycles. The van der Waals surface area contributed by atoms with E-state index in [1.54, 1.807) is 6.07 Å². The lowest BCUT2D eigenvalue weighted by molar-refractivity contribution is 0.159. The molecule has 0 aromatic heterocycles. The Morgan fingerprint density at radius 3 is 2.45 bits per heavy atom. The van der Waals surface area contributed by atoms with Crippen molar-refractivity contribution < 1.29 is 4.39 Å². The first-order valence-electron chi connectivity index (χ1n) is 7.73. The summed E-state index contributed by atoms with van der Waals surface area (Å²) >= 11 is 12.3. The molecule has 1 atom stereocenters. The van der Waals surface area contributed by atoms with Gasteiger partial charge < -0.3 is 5.32 Å². The summed E-state index contributed by atoms with van der Waals surface area (Å²) in [6, 6.07) is 3.26. The van der Waals surface area contributed by atoms with Gasteiger partial charge in [0, 0.05) is 42.8 Å². The molecule has 1 aromatic carbocycles. The summed E-state index contributed by atoms with van der Waals surface area (Å²) in [7, 11) is 0. The van der Waals surface area contributed by atoms with E-state index in [1.165, 1.54) is 6.07 Å². The molecule has 2 rings (SSSR count). The fourth-order valence-corrected chi connectivity index (χ4v) is 3.38. The minimum atomic E-state index is -0.357. The molecule has 0 amide bonds. The first-order chi connectivity index (χ1) is 10.1. The van der Waals surface area contributed by atoms with Gasteiger partial charge in [-0.05, 0) is 18.6 Å². The van der Waals surface area contributed by atoms with Crippen molar-refractivity contribution in [3.8, 4) is 0 Å². The number of hydrogen-bond donors (Lipinski definition) is 1. The van der Waals surface area contributed by atoms with E-state index in [4.69, 9.17) is 23.2 Å². The predicted octanol–water partition coefficient (Wildman–Crippen LogP) is 5.08. The molecule has 0 bridgehead atoms. The second-order valence-corrected chi connectivity index (χ2v) is 6.37. The van der Waals surface area contributed by atoms with Crippen molar-refractivity contribution in [1.29, 1.82) is 0 Å². The minimum Gasteiger partial charge on any atom is -0.314 e. The molecular formula is C16H24Cl3FN2. The summed E-state index contributed by atoms with van der Waals surface area (Å²) in [5.41, 5.74) is 0.571. The van der Waals surface area contributed by atoms with Crippen molar-refractivity contribution in [2.75, 3.05) is 26.2 Å². The van der Waals surface area contributed by atoms with E-state index in [2.05, 4.69) is 17.1 Å². The third-order valence-electron chi connectivity index (χ3n) is 4.09. The quantitative estimate of drug-likeness (QED) is 0.555. The minimum absolute atomic E-state index is 0. The van der Waals surface area contributed by atoms with Gasteiger partial charge in [0.15, 0.2) is 0 Å². The summed E-state index contributed by atoms with van der Waals surface area (Å²) < 4.78 is 14.5. The highest BCUT2D eigenvalue weighted by molar-refractivity contribution is 6.33. The maximum atomic E-state index is 14.5. The first kappa shape index (κ1) is 20.0. The van der Waals surface area contributed by atoms with Gasteiger partial charge in [0.2, 0.25) is 0 Å². The van der Waals surface area contributed by atoms with Crippen LogP contribution in [0.2, 0.25) is 10.0 Å². The third kappa shape index (κ3) is 4.97. The van der Waals surface area contributed by atoms with Gasteiger partial charge in [-0.15, -0.1) is 12.4 Å². The zero-order valence-corrected chi connectivity index (χ0v) is 15.2. The zero-order valence-electron chi connectivity index (χ0n) is 12.9. The van der Waals surface area contributed by atoms with E-state index in [0.717, 1.165) is 51.9 Å². The zero-order chi connectivity index (χ0) is 15.2. The highest BCUT2D eigenvalue weighted by atomic mass is 35.5. The Bertz CT molecular complexity index is 465. The van der Waals surface area contributed by atoms with E-state index in [-0.39, 0.29) is 29.3 Å². The van der Waals surface area contributed by atoms with Crippen LogP contribution in [0.5, 0.6) is 0 Å². The van der Waals surface area contributed by atoms with E-state index in [1.807, 2.05) is 0 Å². The van der Waals surface area contributed by atoms with Crippen LogP contribution in [0.4, 0.5) is 4.39 Å². The Morgan fingerprint density at radius 1 is 1.18 bits per heavy atom. The van der Waals surface area contributed by atoms with Crippen molar-refractivity contribution in [3.63, 3.8) is 0 Å². The van der Waals surface area contributed by atoms with Crippen LogP contribution >= 0.6 is 35.6 Å². The van der Waals surface area contributed by atoms with Crippen LogP contribution in [0.15, 0.2) is 12.1 Å². The van der Waals surface area contributed by atoms with Crippen LogP contribution in [0.1, 0.15) is 44.2 Å². The first-order valence-corrected chi connectivity index (χ1v) is 8.49. The largest absolute Gasteiger partial charge is 0.314 e. The number of unbranched alkanes of at least 4 members (excludes halogenated alkanes) is 2. The molecule has 1 fully saturated rings. The van der Waals surface area contributed by atoms with Crippen LogP contribution < -0.4 is 5.32 Å². The Balaban J connectivity index is 0.00000242. The number of benzene rings is 1. The molecule has 0 spiro atoms. The normalized spacial score (nSPS) is 17.1. The molecule has 6 heteroatoms. The van der Waals surface area contributed by atoms with E-state index >= 15 is 0 Å². The maximum absolute atomic E-state index is 14.5. The molecule has 1 heterocycles. The molecule has 1 aromatic rings. The summed E-state index contributed by atoms with van der Waals surface area (Å²) in [6.45, 7) is 5.87. The Morgan fingerprint density at radius 2 is 1.82 bits per heavy atom. The smallest absolute Gasteiger partial charge is 0.148 e. The molecular weight excluding hydrogens is 346 g/mol. The van der Waals surface area contributed by atoms with Crippen molar-refractivity contribution in [1.82, 2.24) is 10.2 Å². The average molecular weight is 370 g/mol. The average Bonchev–Trinajstić information content (AvgIpc) is 2.51. The summed E-state index contributed by atoms with van der Waals surface area (Å²) in [5, 5.41) is 3.98. The Hall–Kier alpha value is -0.0600. The second kappa shape index (κ2) is 9.94. The molecule has 126 valence electrons. The Kier molecular flexibility index (Phi) is 9.03. The topological polar surface area (TPSA) is 15.3 Å². The van der Waals surface area contributed by atoms with Gasteiger partial charge in [-0.25, -0.2) is 4.39 Å². The van der Waals surface area contributed by atoms with Crippen LogP contribution in [0.3, 0.4) is 0 Å². The highest BCUT2D eigenvalue weighted by Crippen LogP contribution is 2.36. The number of piperazine rings is 1.